The van der Waals surface area contributed by atoms with Crippen LogP contribution in [0.15, 0.2) is 58.7 Å². The highest BCUT2D eigenvalue weighted by molar-refractivity contribution is 8.15. The van der Waals surface area contributed by atoms with Crippen molar-refractivity contribution in [2.24, 2.45) is 10.2 Å². The molecule has 0 saturated carbocycles. The van der Waals surface area contributed by atoms with Crippen molar-refractivity contribution in [3.8, 4) is 11.5 Å². The molecular formula is C20H17N3O6S. The Labute approximate surface area is 175 Å². The Balaban J connectivity index is 1.62. The van der Waals surface area contributed by atoms with Crippen molar-refractivity contribution in [1.82, 2.24) is 5.32 Å². The highest BCUT2D eigenvalue weighted by atomic mass is 32.2. The first-order chi connectivity index (χ1) is 14.4. The maximum Gasteiger partial charge on any atom is 0.343 e. The summed E-state index contributed by atoms with van der Waals surface area (Å²) >= 11 is 1.01. The molecule has 154 valence electrons. The van der Waals surface area contributed by atoms with Gasteiger partial charge in [0, 0.05) is 0 Å². The number of amidine groups is 1. The van der Waals surface area contributed by atoms with Gasteiger partial charge in [0.05, 0.1) is 25.3 Å². The van der Waals surface area contributed by atoms with E-state index in [1.165, 1.54) is 6.21 Å². The number of nitrogens with zero attached hydrogens (tertiary/aromatic N) is 2. The second-order valence-electron chi connectivity index (χ2n) is 6.03. The van der Waals surface area contributed by atoms with Gasteiger partial charge in [0.2, 0.25) is 5.91 Å². The fraction of sp³-hybridized carbons (Fsp3) is 0.150. The number of benzene rings is 2. The standard InChI is InChI=1S/C20H17N3O6S/c1-28-14-7-5-13(6-8-14)19(27)29-15-4-2-3-12(9-15)11-21-23-20-22-18(26)16(30-20)10-17(24)25/h2-9,11,16H,10H2,1H3,(H,24,25)(H,22,23,26)/b21-11-/t16-/m1/s1. The van der Waals surface area contributed by atoms with Crippen molar-refractivity contribution in [2.75, 3.05) is 7.11 Å². The van der Waals surface area contributed by atoms with Crippen molar-refractivity contribution in [1.29, 1.82) is 0 Å². The molecule has 0 aliphatic carbocycles. The lowest BCUT2D eigenvalue weighted by Crippen LogP contribution is -2.26. The highest BCUT2D eigenvalue weighted by Crippen LogP contribution is 2.22. The average Bonchev–Trinajstić information content (AvgIpc) is 3.06. The summed E-state index contributed by atoms with van der Waals surface area (Å²) in [6, 6.07) is 13.2. The molecule has 3 rings (SSSR count). The van der Waals surface area contributed by atoms with E-state index in [2.05, 4.69) is 15.5 Å². The molecule has 0 aromatic heterocycles. The number of carbonyl (C=O) groups excluding carboxylic acids is 2. The predicted octanol–water partition coefficient (Wildman–Crippen LogP) is 2.31. The van der Waals surface area contributed by atoms with Crippen molar-refractivity contribution >= 4 is 41.0 Å². The average molecular weight is 427 g/mol. The number of nitrogens with one attached hydrogen (secondary N) is 1. The van der Waals surface area contributed by atoms with Gasteiger partial charge in [0.1, 0.15) is 16.7 Å². The molecule has 2 aromatic rings. The van der Waals surface area contributed by atoms with Crippen LogP contribution in [0.2, 0.25) is 0 Å². The van der Waals surface area contributed by atoms with Gasteiger partial charge in [-0.1, -0.05) is 23.9 Å². The number of methoxy groups -OCH3 is 1. The summed E-state index contributed by atoms with van der Waals surface area (Å²) in [5.41, 5.74) is 1.00. The second-order valence-corrected chi connectivity index (χ2v) is 7.23. The first-order valence-electron chi connectivity index (χ1n) is 8.71. The third kappa shape index (κ3) is 5.67. The molecule has 0 spiro atoms. The molecule has 0 bridgehead atoms. The molecule has 1 heterocycles. The van der Waals surface area contributed by atoms with E-state index in [4.69, 9.17) is 14.6 Å². The fourth-order valence-electron chi connectivity index (χ4n) is 2.44. The molecule has 2 aromatic carbocycles. The normalized spacial score (nSPS) is 17.2. The summed E-state index contributed by atoms with van der Waals surface area (Å²) in [5.74, 6) is -1.02. The molecular weight excluding hydrogens is 410 g/mol. The molecule has 1 fully saturated rings. The van der Waals surface area contributed by atoms with Crippen LogP contribution in [-0.4, -0.2) is 46.7 Å². The van der Waals surface area contributed by atoms with Gasteiger partial charge in [-0.3, -0.25) is 9.59 Å². The Kier molecular flexibility index (Phi) is 6.81. The lowest BCUT2D eigenvalue weighted by molar-refractivity contribution is -0.138. The van der Waals surface area contributed by atoms with Crippen LogP contribution in [0.1, 0.15) is 22.3 Å². The predicted molar refractivity (Wildman–Crippen MR) is 111 cm³/mol. The van der Waals surface area contributed by atoms with E-state index in [9.17, 15) is 14.4 Å². The summed E-state index contributed by atoms with van der Waals surface area (Å²) in [7, 11) is 1.54. The molecule has 2 N–H and O–H groups in total. The Morgan fingerprint density at radius 1 is 1.20 bits per heavy atom. The maximum atomic E-state index is 12.2. The van der Waals surface area contributed by atoms with E-state index in [-0.39, 0.29) is 11.6 Å². The fourth-order valence-corrected chi connectivity index (χ4v) is 3.36. The number of hydrogen-bond acceptors (Lipinski definition) is 8. The number of thioether (sulfide) groups is 1. The van der Waals surface area contributed by atoms with E-state index in [1.807, 2.05) is 0 Å². The maximum absolute atomic E-state index is 12.2. The van der Waals surface area contributed by atoms with Gasteiger partial charge in [-0.25, -0.2) is 4.79 Å². The minimum Gasteiger partial charge on any atom is -0.497 e. The molecule has 1 aliphatic heterocycles. The van der Waals surface area contributed by atoms with E-state index >= 15 is 0 Å². The van der Waals surface area contributed by atoms with Crippen molar-refractivity contribution in [3.63, 3.8) is 0 Å². The molecule has 1 aliphatic rings. The number of carbonyl (C=O) groups is 3. The number of esters is 1. The number of rotatable bonds is 7. The minimum absolute atomic E-state index is 0.226. The van der Waals surface area contributed by atoms with Crippen LogP contribution >= 0.6 is 11.8 Å². The molecule has 10 heteroatoms. The van der Waals surface area contributed by atoms with Crippen LogP contribution in [0.3, 0.4) is 0 Å². The van der Waals surface area contributed by atoms with Crippen molar-refractivity contribution < 1.29 is 29.0 Å². The first kappa shape index (κ1) is 21.1. The monoisotopic (exact) mass is 427 g/mol. The van der Waals surface area contributed by atoms with Crippen molar-refractivity contribution in [2.45, 2.75) is 11.7 Å². The summed E-state index contributed by atoms with van der Waals surface area (Å²) in [6.45, 7) is 0. The van der Waals surface area contributed by atoms with Gasteiger partial charge in [0.15, 0.2) is 5.17 Å². The number of aliphatic carboxylic acids is 1. The van der Waals surface area contributed by atoms with Gasteiger partial charge in [-0.05, 0) is 42.0 Å². The summed E-state index contributed by atoms with van der Waals surface area (Å²) < 4.78 is 10.4. The molecule has 1 saturated heterocycles. The Morgan fingerprint density at radius 2 is 1.97 bits per heavy atom. The minimum atomic E-state index is -1.06. The van der Waals surface area contributed by atoms with E-state index in [0.29, 0.717) is 22.6 Å². The molecule has 1 amide bonds. The lowest BCUT2D eigenvalue weighted by Gasteiger charge is -2.05. The molecule has 30 heavy (non-hydrogen) atoms. The third-order valence-electron chi connectivity index (χ3n) is 3.89. The van der Waals surface area contributed by atoms with E-state index < -0.39 is 23.1 Å². The first-order valence-corrected chi connectivity index (χ1v) is 9.59. The van der Waals surface area contributed by atoms with Crippen LogP contribution in [0.4, 0.5) is 0 Å². The number of hydrogen-bond donors (Lipinski definition) is 2. The topological polar surface area (TPSA) is 127 Å². The number of ether oxygens (including phenoxy) is 2. The number of carboxylic acids is 1. The highest BCUT2D eigenvalue weighted by Gasteiger charge is 2.32. The van der Waals surface area contributed by atoms with Crippen molar-refractivity contribution in [3.05, 3.63) is 59.7 Å². The van der Waals surface area contributed by atoms with Gasteiger partial charge in [-0.15, -0.1) is 5.10 Å². The third-order valence-corrected chi connectivity index (χ3v) is 4.96. The molecule has 9 nitrogen and oxygen atoms in total. The van der Waals surface area contributed by atoms with Gasteiger partial charge in [-0.2, -0.15) is 5.10 Å². The van der Waals surface area contributed by atoms with Crippen LogP contribution < -0.4 is 14.8 Å². The van der Waals surface area contributed by atoms with Crippen LogP contribution in [0.5, 0.6) is 11.5 Å². The Hall–Kier alpha value is -3.66. The quantitative estimate of drug-likeness (QED) is 0.300. The molecule has 0 unspecified atom stereocenters. The molecule has 1 atom stereocenters. The molecule has 0 radical (unpaired) electrons. The van der Waals surface area contributed by atoms with Gasteiger partial charge in [0.25, 0.3) is 0 Å². The summed E-state index contributed by atoms with van der Waals surface area (Å²) in [4.78, 5) is 34.6. The number of carboxylic acid groups (broad SMARTS) is 1. The zero-order valence-corrected chi connectivity index (χ0v) is 16.6. The number of amides is 1. The largest absolute Gasteiger partial charge is 0.497 e. The Morgan fingerprint density at radius 3 is 2.67 bits per heavy atom. The summed E-state index contributed by atoms with van der Waals surface area (Å²) in [6.07, 6.45) is 1.13. The zero-order valence-electron chi connectivity index (χ0n) is 15.8. The smallest absolute Gasteiger partial charge is 0.343 e. The van der Waals surface area contributed by atoms with E-state index in [1.54, 1.807) is 55.6 Å². The Bertz CT molecular complexity index is 1020. The van der Waals surface area contributed by atoms with Gasteiger partial charge >= 0.3 is 11.9 Å². The summed E-state index contributed by atoms with van der Waals surface area (Å²) in [5, 5.41) is 18.5. The van der Waals surface area contributed by atoms with Crippen LogP contribution in [0.25, 0.3) is 0 Å². The van der Waals surface area contributed by atoms with Crippen LogP contribution in [0, 0.1) is 0 Å². The van der Waals surface area contributed by atoms with Gasteiger partial charge < -0.3 is 19.9 Å². The van der Waals surface area contributed by atoms with E-state index in [0.717, 1.165) is 11.8 Å². The lowest BCUT2D eigenvalue weighted by atomic mass is 10.2. The SMILES string of the molecule is COc1ccc(C(=O)Oc2cccc(/C=N\N=C3/NC(=O)[C@@H](CC(=O)O)S3)c2)cc1. The zero-order chi connectivity index (χ0) is 21.5. The second kappa shape index (κ2) is 9.70. The van der Waals surface area contributed by atoms with Crippen LogP contribution in [-0.2, 0) is 9.59 Å².